The molecule has 16 heavy (non-hydrogen) atoms. The first-order valence-electron chi connectivity index (χ1n) is 6.14. The van der Waals surface area contributed by atoms with E-state index < -0.39 is 0 Å². The Hall–Kier alpha value is -1.02. The summed E-state index contributed by atoms with van der Waals surface area (Å²) < 4.78 is 0. The minimum atomic E-state index is 0.348. The zero-order valence-corrected chi connectivity index (χ0v) is 10.2. The maximum absolute atomic E-state index is 9.13. The first-order valence-corrected chi connectivity index (χ1v) is 6.14. The van der Waals surface area contributed by atoms with Crippen LogP contribution in [0.5, 0.6) is 0 Å². The molecule has 1 saturated heterocycles. The minimum Gasteiger partial charge on any atom is -0.396 e. The van der Waals surface area contributed by atoms with Crippen LogP contribution in [0.25, 0.3) is 0 Å². The van der Waals surface area contributed by atoms with Crippen LogP contribution >= 0.6 is 0 Å². The summed E-state index contributed by atoms with van der Waals surface area (Å²) in [6, 6.07) is 6.51. The highest BCUT2D eigenvalue weighted by atomic mass is 16.3. The van der Waals surface area contributed by atoms with Crippen molar-refractivity contribution in [3.05, 3.63) is 29.3 Å². The fourth-order valence-corrected chi connectivity index (χ4v) is 2.43. The molecule has 1 aromatic rings. The lowest BCUT2D eigenvalue weighted by Gasteiger charge is -2.34. The number of piperidine rings is 1. The maximum atomic E-state index is 9.13. The van der Waals surface area contributed by atoms with E-state index in [9.17, 15) is 0 Å². The smallest absolute Gasteiger partial charge is 0.0460 e. The highest BCUT2D eigenvalue weighted by molar-refractivity contribution is 5.56. The molecule has 1 heterocycles. The molecule has 2 rings (SSSR count). The summed E-state index contributed by atoms with van der Waals surface area (Å²) in [5.41, 5.74) is 4.13. The van der Waals surface area contributed by atoms with Gasteiger partial charge in [0, 0.05) is 25.4 Å². The third-order valence-electron chi connectivity index (χ3n) is 3.79. The predicted molar refractivity (Wildman–Crippen MR) is 67.9 cm³/mol. The molecule has 1 N–H and O–H groups in total. The van der Waals surface area contributed by atoms with E-state index in [1.54, 1.807) is 0 Å². The number of aliphatic hydroxyl groups excluding tert-OH is 1. The Labute approximate surface area is 97.9 Å². The first kappa shape index (κ1) is 11.5. The van der Waals surface area contributed by atoms with Crippen molar-refractivity contribution in [2.45, 2.75) is 26.7 Å². The van der Waals surface area contributed by atoms with Crippen molar-refractivity contribution in [1.82, 2.24) is 0 Å². The Morgan fingerprint density at radius 3 is 2.56 bits per heavy atom. The number of hydrogen-bond acceptors (Lipinski definition) is 2. The van der Waals surface area contributed by atoms with Gasteiger partial charge in [-0.3, -0.25) is 0 Å². The van der Waals surface area contributed by atoms with Crippen molar-refractivity contribution in [2.24, 2.45) is 5.92 Å². The van der Waals surface area contributed by atoms with Gasteiger partial charge in [0.25, 0.3) is 0 Å². The zero-order valence-electron chi connectivity index (χ0n) is 10.2. The quantitative estimate of drug-likeness (QED) is 0.826. The number of benzene rings is 1. The van der Waals surface area contributed by atoms with Gasteiger partial charge in [-0.2, -0.15) is 0 Å². The molecule has 0 atom stereocenters. The second kappa shape index (κ2) is 4.88. The number of rotatable bonds is 2. The molecule has 1 aliphatic rings. The van der Waals surface area contributed by atoms with Crippen LogP contribution in [0.2, 0.25) is 0 Å². The van der Waals surface area contributed by atoms with Crippen LogP contribution in [0, 0.1) is 19.8 Å². The van der Waals surface area contributed by atoms with E-state index in [0.717, 1.165) is 25.9 Å². The van der Waals surface area contributed by atoms with Crippen molar-refractivity contribution in [2.75, 3.05) is 24.6 Å². The summed E-state index contributed by atoms with van der Waals surface area (Å²) in [5, 5.41) is 9.13. The Bertz CT molecular complexity index is 354. The lowest BCUT2D eigenvalue weighted by molar-refractivity contribution is 0.203. The summed E-state index contributed by atoms with van der Waals surface area (Å²) in [6.07, 6.45) is 2.23. The van der Waals surface area contributed by atoms with E-state index in [0.29, 0.717) is 12.5 Å². The minimum absolute atomic E-state index is 0.348. The molecule has 0 unspecified atom stereocenters. The fourth-order valence-electron chi connectivity index (χ4n) is 2.43. The molecular formula is C14H21NO. The van der Waals surface area contributed by atoms with Gasteiger partial charge in [0.15, 0.2) is 0 Å². The molecule has 1 aliphatic heterocycles. The molecule has 0 aliphatic carbocycles. The van der Waals surface area contributed by atoms with Crippen LogP contribution in [0.15, 0.2) is 18.2 Å². The number of aliphatic hydroxyl groups is 1. The van der Waals surface area contributed by atoms with Crippen molar-refractivity contribution in [3.8, 4) is 0 Å². The van der Waals surface area contributed by atoms with Crippen molar-refractivity contribution < 1.29 is 5.11 Å². The van der Waals surface area contributed by atoms with Crippen LogP contribution in [0.4, 0.5) is 5.69 Å². The van der Waals surface area contributed by atoms with Gasteiger partial charge in [0.1, 0.15) is 0 Å². The first-order chi connectivity index (χ1) is 7.72. The summed E-state index contributed by atoms with van der Waals surface area (Å²) in [4.78, 5) is 2.45. The third-order valence-corrected chi connectivity index (χ3v) is 3.79. The number of anilines is 1. The largest absolute Gasteiger partial charge is 0.396 e. The van der Waals surface area contributed by atoms with E-state index in [1.807, 2.05) is 0 Å². The SMILES string of the molecule is Cc1cccc(N2CCC(CO)CC2)c1C. The van der Waals surface area contributed by atoms with E-state index in [4.69, 9.17) is 5.11 Å². The van der Waals surface area contributed by atoms with Crippen molar-refractivity contribution in [1.29, 1.82) is 0 Å². The molecule has 1 fully saturated rings. The second-order valence-corrected chi connectivity index (χ2v) is 4.83. The molecule has 1 aromatic carbocycles. The van der Waals surface area contributed by atoms with Gasteiger partial charge in [-0.25, -0.2) is 0 Å². The highest BCUT2D eigenvalue weighted by Crippen LogP contribution is 2.27. The zero-order chi connectivity index (χ0) is 11.5. The van der Waals surface area contributed by atoms with E-state index >= 15 is 0 Å². The Morgan fingerprint density at radius 2 is 1.94 bits per heavy atom. The molecular weight excluding hydrogens is 198 g/mol. The van der Waals surface area contributed by atoms with E-state index in [1.165, 1.54) is 16.8 Å². The molecule has 0 aromatic heterocycles. The molecule has 88 valence electrons. The maximum Gasteiger partial charge on any atom is 0.0460 e. The molecule has 0 radical (unpaired) electrons. The van der Waals surface area contributed by atoms with Crippen molar-refractivity contribution in [3.63, 3.8) is 0 Å². The molecule has 2 nitrogen and oxygen atoms in total. The second-order valence-electron chi connectivity index (χ2n) is 4.83. The molecule has 2 heteroatoms. The number of aryl methyl sites for hydroxylation is 1. The average Bonchev–Trinajstić information content (AvgIpc) is 2.33. The normalized spacial score (nSPS) is 17.8. The van der Waals surface area contributed by atoms with Crippen LogP contribution in [-0.2, 0) is 0 Å². The monoisotopic (exact) mass is 219 g/mol. The van der Waals surface area contributed by atoms with E-state index in [-0.39, 0.29) is 0 Å². The van der Waals surface area contributed by atoms with Gasteiger partial charge in [-0.15, -0.1) is 0 Å². The topological polar surface area (TPSA) is 23.5 Å². The Balaban J connectivity index is 2.11. The summed E-state index contributed by atoms with van der Waals surface area (Å²) in [7, 11) is 0. The summed E-state index contributed by atoms with van der Waals surface area (Å²) >= 11 is 0. The van der Waals surface area contributed by atoms with Crippen LogP contribution in [0.3, 0.4) is 0 Å². The molecule has 0 spiro atoms. The van der Waals surface area contributed by atoms with Crippen LogP contribution < -0.4 is 4.90 Å². The average molecular weight is 219 g/mol. The molecule has 0 bridgehead atoms. The third kappa shape index (κ3) is 2.22. The van der Waals surface area contributed by atoms with Gasteiger partial charge in [-0.1, -0.05) is 12.1 Å². The van der Waals surface area contributed by atoms with Gasteiger partial charge < -0.3 is 10.0 Å². The molecule has 0 saturated carbocycles. The van der Waals surface area contributed by atoms with Gasteiger partial charge in [0.2, 0.25) is 0 Å². The van der Waals surface area contributed by atoms with Crippen LogP contribution in [-0.4, -0.2) is 24.8 Å². The lowest BCUT2D eigenvalue weighted by Crippen LogP contribution is -2.35. The standard InChI is InChI=1S/C14H21NO/c1-11-4-3-5-14(12(11)2)15-8-6-13(10-16)7-9-15/h3-5,13,16H,6-10H2,1-2H3. The fraction of sp³-hybridized carbons (Fsp3) is 0.571. The van der Waals surface area contributed by atoms with Crippen molar-refractivity contribution >= 4 is 5.69 Å². The lowest BCUT2D eigenvalue weighted by atomic mass is 9.96. The predicted octanol–water partition coefficient (Wildman–Crippen LogP) is 2.51. The molecule has 0 amide bonds. The van der Waals surface area contributed by atoms with Gasteiger partial charge in [-0.05, 0) is 49.8 Å². The van der Waals surface area contributed by atoms with E-state index in [2.05, 4.69) is 36.9 Å². The van der Waals surface area contributed by atoms with Gasteiger partial charge in [0.05, 0.1) is 0 Å². The highest BCUT2D eigenvalue weighted by Gasteiger charge is 2.19. The number of hydrogen-bond donors (Lipinski definition) is 1. The van der Waals surface area contributed by atoms with Crippen LogP contribution in [0.1, 0.15) is 24.0 Å². The van der Waals surface area contributed by atoms with Gasteiger partial charge >= 0.3 is 0 Å². The number of nitrogens with zero attached hydrogens (tertiary/aromatic N) is 1. The summed E-state index contributed by atoms with van der Waals surface area (Å²) in [5.74, 6) is 0.515. The Kier molecular flexibility index (Phi) is 3.49. The summed E-state index contributed by atoms with van der Waals surface area (Å²) in [6.45, 7) is 6.87. The Morgan fingerprint density at radius 1 is 1.25 bits per heavy atom.